The van der Waals surface area contributed by atoms with Crippen LogP contribution in [0, 0.1) is 17.3 Å². The summed E-state index contributed by atoms with van der Waals surface area (Å²) in [6.07, 6.45) is 6.24. The van der Waals surface area contributed by atoms with Crippen LogP contribution in [0.15, 0.2) is 0 Å². The molecule has 4 heteroatoms. The maximum Gasteiger partial charge on any atom is 0.233 e. The Kier molecular flexibility index (Phi) is 3.95. The van der Waals surface area contributed by atoms with Crippen LogP contribution in [-0.4, -0.2) is 16.9 Å². The fraction of sp³-hybridized carbons (Fsp3) is 0.857. The van der Waals surface area contributed by atoms with E-state index in [1.165, 1.54) is 12.8 Å². The number of rotatable bonds is 3. The Morgan fingerprint density at radius 1 is 1.17 bits per heavy atom. The van der Waals surface area contributed by atoms with Crippen molar-refractivity contribution in [3.05, 3.63) is 0 Å². The van der Waals surface area contributed by atoms with E-state index in [4.69, 9.17) is 18.0 Å². The second kappa shape index (κ2) is 5.16. The van der Waals surface area contributed by atoms with Gasteiger partial charge in [-0.25, -0.2) is 0 Å². The van der Waals surface area contributed by atoms with Gasteiger partial charge in [0.15, 0.2) is 0 Å². The van der Waals surface area contributed by atoms with Crippen molar-refractivity contribution in [2.24, 2.45) is 23.0 Å². The van der Waals surface area contributed by atoms with E-state index in [2.05, 4.69) is 19.2 Å². The van der Waals surface area contributed by atoms with Crippen molar-refractivity contribution in [2.45, 2.75) is 58.4 Å². The lowest BCUT2D eigenvalue weighted by atomic mass is 9.62. The summed E-state index contributed by atoms with van der Waals surface area (Å²) in [5, 5.41) is 3.18. The summed E-state index contributed by atoms with van der Waals surface area (Å²) in [5.74, 6) is 1.43. The minimum Gasteiger partial charge on any atom is -0.392 e. The van der Waals surface area contributed by atoms with Crippen molar-refractivity contribution in [3.63, 3.8) is 0 Å². The van der Waals surface area contributed by atoms with Gasteiger partial charge >= 0.3 is 0 Å². The molecule has 2 aliphatic rings. The lowest BCUT2D eigenvalue weighted by molar-refractivity contribution is -0.133. The molecule has 0 unspecified atom stereocenters. The zero-order chi connectivity index (χ0) is 13.3. The zero-order valence-electron chi connectivity index (χ0n) is 11.4. The summed E-state index contributed by atoms with van der Waals surface area (Å²) in [4.78, 5) is 12.8. The van der Waals surface area contributed by atoms with E-state index in [1.807, 2.05) is 0 Å². The quantitative estimate of drug-likeness (QED) is 0.773. The Morgan fingerprint density at radius 3 is 2.17 bits per heavy atom. The Morgan fingerprint density at radius 2 is 1.72 bits per heavy atom. The predicted octanol–water partition coefficient (Wildman–Crippen LogP) is 2.38. The molecule has 102 valence electrons. The number of carbonyl (C=O) groups is 1. The van der Waals surface area contributed by atoms with Gasteiger partial charge in [0.2, 0.25) is 5.91 Å². The van der Waals surface area contributed by atoms with Crippen molar-refractivity contribution in [3.8, 4) is 0 Å². The van der Waals surface area contributed by atoms with Crippen LogP contribution in [0.1, 0.15) is 52.4 Å². The minimum atomic E-state index is -0.544. The second-order valence-electron chi connectivity index (χ2n) is 6.39. The smallest absolute Gasteiger partial charge is 0.233 e. The molecule has 0 aromatic rings. The summed E-state index contributed by atoms with van der Waals surface area (Å²) in [7, 11) is 0. The monoisotopic (exact) mass is 268 g/mol. The average Bonchev–Trinajstić information content (AvgIpc) is 2.27. The summed E-state index contributed by atoms with van der Waals surface area (Å²) in [6.45, 7) is 4.42. The van der Waals surface area contributed by atoms with Crippen molar-refractivity contribution in [1.29, 1.82) is 0 Å². The standard InChI is InChI=1S/C14H24N2OS/c1-9-3-5-11(6-4-9)16-13(17)14(12(15)18)7-10(2)8-14/h9-11H,3-8H2,1-2H3,(H2,15,18)(H,16,17). The van der Waals surface area contributed by atoms with Gasteiger partial charge in [-0.3, -0.25) is 4.79 Å². The third-order valence-corrected chi connectivity index (χ3v) is 5.04. The molecule has 2 aliphatic carbocycles. The molecule has 3 nitrogen and oxygen atoms in total. The highest BCUT2D eigenvalue weighted by Gasteiger charge is 2.51. The minimum absolute atomic E-state index is 0.0765. The molecule has 0 heterocycles. The van der Waals surface area contributed by atoms with Crippen LogP contribution in [0.5, 0.6) is 0 Å². The van der Waals surface area contributed by atoms with E-state index in [-0.39, 0.29) is 5.91 Å². The number of hydrogen-bond donors (Lipinski definition) is 2. The van der Waals surface area contributed by atoms with Crippen LogP contribution in [0.4, 0.5) is 0 Å². The zero-order valence-corrected chi connectivity index (χ0v) is 12.2. The maximum atomic E-state index is 12.4. The largest absolute Gasteiger partial charge is 0.392 e. The highest BCUT2D eigenvalue weighted by atomic mass is 32.1. The van der Waals surface area contributed by atoms with Gasteiger partial charge < -0.3 is 11.1 Å². The maximum absolute atomic E-state index is 12.4. The van der Waals surface area contributed by atoms with Crippen LogP contribution in [0.3, 0.4) is 0 Å². The average molecular weight is 268 g/mol. The lowest BCUT2D eigenvalue weighted by Crippen LogP contribution is -2.57. The fourth-order valence-electron chi connectivity index (χ4n) is 3.36. The van der Waals surface area contributed by atoms with E-state index in [0.717, 1.165) is 31.6 Å². The molecule has 3 N–H and O–H groups in total. The van der Waals surface area contributed by atoms with E-state index in [9.17, 15) is 4.79 Å². The SMILES string of the molecule is CC1CCC(NC(=O)C2(C(N)=S)CC(C)C2)CC1. The Bertz CT molecular complexity index is 342. The lowest BCUT2D eigenvalue weighted by Gasteiger charge is -2.45. The number of hydrogen-bond acceptors (Lipinski definition) is 2. The van der Waals surface area contributed by atoms with Gasteiger partial charge in [0.25, 0.3) is 0 Å². The molecule has 0 saturated heterocycles. The van der Waals surface area contributed by atoms with Crippen molar-refractivity contribution >= 4 is 23.1 Å². The van der Waals surface area contributed by atoms with Gasteiger partial charge in [0.1, 0.15) is 0 Å². The van der Waals surface area contributed by atoms with E-state index in [1.54, 1.807) is 0 Å². The molecule has 0 atom stereocenters. The van der Waals surface area contributed by atoms with Crippen molar-refractivity contribution < 1.29 is 4.79 Å². The summed E-state index contributed by atoms with van der Waals surface area (Å²) >= 11 is 5.11. The number of thiocarbonyl (C=S) groups is 1. The molecule has 2 rings (SSSR count). The number of amides is 1. The molecular weight excluding hydrogens is 244 g/mol. The van der Waals surface area contributed by atoms with Crippen LogP contribution in [0.25, 0.3) is 0 Å². The van der Waals surface area contributed by atoms with Crippen molar-refractivity contribution in [2.75, 3.05) is 0 Å². The highest BCUT2D eigenvalue weighted by molar-refractivity contribution is 7.80. The Balaban J connectivity index is 1.92. The van der Waals surface area contributed by atoms with Crippen LogP contribution < -0.4 is 11.1 Å². The van der Waals surface area contributed by atoms with E-state index in [0.29, 0.717) is 16.9 Å². The normalized spacial score (nSPS) is 39.8. The van der Waals surface area contributed by atoms with Gasteiger partial charge in [-0.05, 0) is 50.4 Å². The van der Waals surface area contributed by atoms with Crippen LogP contribution in [0.2, 0.25) is 0 Å². The van der Waals surface area contributed by atoms with Gasteiger partial charge in [0.05, 0.1) is 10.4 Å². The molecule has 0 aliphatic heterocycles. The van der Waals surface area contributed by atoms with E-state index < -0.39 is 5.41 Å². The molecule has 0 aromatic heterocycles. The molecule has 0 radical (unpaired) electrons. The topological polar surface area (TPSA) is 55.1 Å². The van der Waals surface area contributed by atoms with E-state index >= 15 is 0 Å². The van der Waals surface area contributed by atoms with Gasteiger partial charge in [0, 0.05) is 6.04 Å². The first kappa shape index (κ1) is 13.8. The molecule has 1 amide bonds. The molecule has 0 aromatic carbocycles. The summed E-state index contributed by atoms with van der Waals surface area (Å²) in [6, 6.07) is 0.329. The summed E-state index contributed by atoms with van der Waals surface area (Å²) < 4.78 is 0. The molecule has 18 heavy (non-hydrogen) atoms. The predicted molar refractivity (Wildman–Crippen MR) is 77.2 cm³/mol. The highest BCUT2D eigenvalue weighted by Crippen LogP contribution is 2.46. The number of nitrogens with two attached hydrogens (primary N) is 1. The number of carbonyl (C=O) groups excluding carboxylic acids is 1. The molecule has 0 bridgehead atoms. The molecule has 2 fully saturated rings. The molecular formula is C14H24N2OS. The molecule has 2 saturated carbocycles. The third kappa shape index (κ3) is 2.53. The van der Waals surface area contributed by atoms with Gasteiger partial charge in [-0.2, -0.15) is 0 Å². The number of nitrogens with one attached hydrogen (secondary N) is 1. The first-order valence-electron chi connectivity index (χ1n) is 7.05. The Hall–Kier alpha value is -0.640. The Labute approximate surface area is 115 Å². The first-order chi connectivity index (χ1) is 8.44. The first-order valence-corrected chi connectivity index (χ1v) is 7.46. The van der Waals surface area contributed by atoms with Crippen molar-refractivity contribution in [1.82, 2.24) is 5.32 Å². The second-order valence-corrected chi connectivity index (χ2v) is 6.83. The molecule has 0 spiro atoms. The van der Waals surface area contributed by atoms with Crippen LogP contribution >= 0.6 is 12.2 Å². The third-order valence-electron chi connectivity index (χ3n) is 4.65. The fourth-order valence-corrected chi connectivity index (χ4v) is 3.62. The summed E-state index contributed by atoms with van der Waals surface area (Å²) in [5.41, 5.74) is 5.25. The van der Waals surface area contributed by atoms with Crippen LogP contribution in [-0.2, 0) is 4.79 Å². The van der Waals surface area contributed by atoms with Gasteiger partial charge in [-0.1, -0.05) is 26.1 Å². The van der Waals surface area contributed by atoms with Gasteiger partial charge in [-0.15, -0.1) is 0 Å².